The van der Waals surface area contributed by atoms with Crippen LogP contribution in [-0.2, 0) is 0 Å². The van der Waals surface area contributed by atoms with Crippen molar-refractivity contribution in [3.63, 3.8) is 0 Å². The Balaban J connectivity index is 0.00000162. The van der Waals surface area contributed by atoms with E-state index in [1.54, 1.807) is 0 Å². The molecule has 2 aromatic rings. The molecule has 0 spiro atoms. The van der Waals surface area contributed by atoms with Gasteiger partial charge in [-0.05, 0) is 4.86 Å². The Morgan fingerprint density at radius 1 is 0.889 bits per heavy atom. The maximum absolute atomic E-state index is 11.6. The van der Waals surface area contributed by atoms with Crippen LogP contribution in [0.2, 0.25) is 0 Å². The van der Waals surface area contributed by atoms with Gasteiger partial charge in [-0.1, -0.05) is 60.7 Å². The van der Waals surface area contributed by atoms with Crippen molar-refractivity contribution in [1.82, 2.24) is 0 Å². The average molecular weight is 251 g/mol. The second-order valence-corrected chi connectivity index (χ2v) is 3.62. The molecule has 0 aliphatic rings. The summed E-state index contributed by atoms with van der Waals surface area (Å²) in [7, 11) is 0. The Bertz CT molecular complexity index is 463. The van der Waals surface area contributed by atoms with Crippen molar-refractivity contribution in [2.45, 2.75) is 6.04 Å². The molecule has 0 heterocycles. The van der Waals surface area contributed by atoms with Crippen molar-refractivity contribution in [1.29, 1.82) is 0 Å². The van der Waals surface area contributed by atoms with Crippen molar-refractivity contribution in [3.05, 3.63) is 77.0 Å². The van der Waals surface area contributed by atoms with Gasteiger partial charge in [-0.25, -0.2) is 0 Å². The van der Waals surface area contributed by atoms with Crippen LogP contribution in [0.4, 0.5) is 0 Å². The zero-order valence-electron chi connectivity index (χ0n) is 10.1. The summed E-state index contributed by atoms with van der Waals surface area (Å²) in [6, 6.07) is 17.8. The summed E-state index contributed by atoms with van der Waals surface area (Å²) in [6.07, 6.45) is 0. The molecule has 0 fully saturated rings. The van der Waals surface area contributed by atoms with Crippen LogP contribution >= 0.6 is 0 Å². The normalized spacial score (nSPS) is 11.1. The molecule has 2 rings (SSSR count). The average Bonchev–Trinajstić information content (AvgIpc) is 2.41. The van der Waals surface area contributed by atoms with E-state index >= 15 is 0 Å². The van der Waals surface area contributed by atoms with Crippen LogP contribution in [-0.4, -0.2) is 10.1 Å². The first kappa shape index (κ1) is 14.7. The fourth-order valence-corrected chi connectivity index (χ4v) is 1.77. The van der Waals surface area contributed by atoms with E-state index in [1.807, 2.05) is 60.7 Å². The molecule has 0 bridgehead atoms. The Labute approximate surface area is 127 Å². The number of hydrogen-bond acceptors (Lipinski definition) is 2. The molecule has 2 aromatic carbocycles. The van der Waals surface area contributed by atoms with Crippen LogP contribution in [0.5, 0.6) is 0 Å². The topological polar surface area (TPSA) is 58.7 Å². The first-order chi connectivity index (χ1) is 8.33. The van der Waals surface area contributed by atoms with E-state index in [0.717, 1.165) is 11.1 Å². The summed E-state index contributed by atoms with van der Waals surface area (Å²) in [5.41, 5.74) is 1.57. The Hall–Kier alpha value is -1.36. The monoisotopic (exact) mass is 251 g/mol. The van der Waals surface area contributed by atoms with Gasteiger partial charge >= 0.3 is 29.6 Å². The molecule has 18 heavy (non-hydrogen) atoms. The summed E-state index contributed by atoms with van der Waals surface area (Å²) in [6.45, 7) is 0. The van der Waals surface area contributed by atoms with Gasteiger partial charge in [0.15, 0.2) is 5.28 Å². The third-order valence-corrected chi connectivity index (χ3v) is 2.54. The minimum Gasteiger partial charge on any atom is -0.597 e. The van der Waals surface area contributed by atoms with E-state index in [-0.39, 0.29) is 29.6 Å². The van der Waals surface area contributed by atoms with Crippen molar-refractivity contribution in [3.8, 4) is 0 Å². The molecule has 0 radical (unpaired) electrons. The number of nitrogens with zero attached hydrogens (tertiary/aromatic N) is 2. The molecule has 4 nitrogen and oxygen atoms in total. The number of rotatable bonds is 3. The van der Waals surface area contributed by atoms with Crippen molar-refractivity contribution in [2.75, 3.05) is 0 Å². The summed E-state index contributed by atoms with van der Waals surface area (Å²) < 4.78 is 0. The van der Waals surface area contributed by atoms with E-state index in [4.69, 9.17) is 5.21 Å². The summed E-state index contributed by atoms with van der Waals surface area (Å²) in [4.78, 5) is 0.296. The molecule has 0 aromatic heterocycles. The van der Waals surface area contributed by atoms with Crippen LogP contribution < -0.4 is 29.6 Å². The zero-order chi connectivity index (χ0) is 12.1. The van der Waals surface area contributed by atoms with Gasteiger partial charge in [-0.2, -0.15) is 0 Å². The molecular formula is C13H12N2NaO2+. The van der Waals surface area contributed by atoms with Crippen molar-refractivity contribution >= 4 is 0 Å². The van der Waals surface area contributed by atoms with Crippen molar-refractivity contribution < 1.29 is 39.6 Å². The number of hydrogen-bond donors (Lipinski definition) is 1. The van der Waals surface area contributed by atoms with Gasteiger partial charge in [0.25, 0.3) is 0 Å². The van der Waals surface area contributed by atoms with Gasteiger partial charge < -0.3 is 10.4 Å². The molecule has 0 saturated carbocycles. The maximum Gasteiger partial charge on any atom is 1.00 e. The van der Waals surface area contributed by atoms with Gasteiger partial charge in [0.2, 0.25) is 6.04 Å². The predicted octanol–water partition coefficient (Wildman–Crippen LogP) is 0.132. The molecular weight excluding hydrogens is 239 g/mol. The van der Waals surface area contributed by atoms with Gasteiger partial charge in [0.1, 0.15) is 0 Å². The molecule has 0 aliphatic heterocycles. The third-order valence-electron chi connectivity index (χ3n) is 2.54. The molecule has 1 N–H and O–H groups in total. The fourth-order valence-electron chi connectivity index (χ4n) is 1.77. The van der Waals surface area contributed by atoms with E-state index in [9.17, 15) is 5.21 Å². The van der Waals surface area contributed by atoms with Crippen LogP contribution in [0.15, 0.2) is 65.9 Å². The SMILES string of the molecule is [Na+].[O-]/[N+](=N/O)C(c1ccccc1)c1ccccc1. The Morgan fingerprint density at radius 3 is 1.61 bits per heavy atom. The molecule has 0 aliphatic carbocycles. The zero-order valence-corrected chi connectivity index (χ0v) is 12.1. The number of hydroxylamine groups is 1. The smallest absolute Gasteiger partial charge is 0.597 e. The quantitative estimate of drug-likeness (QED) is 0.365. The van der Waals surface area contributed by atoms with E-state index in [2.05, 4.69) is 5.28 Å². The summed E-state index contributed by atoms with van der Waals surface area (Å²) in [5, 5.41) is 23.0. The molecule has 0 atom stereocenters. The molecule has 0 saturated heterocycles. The molecule has 0 amide bonds. The largest absolute Gasteiger partial charge is 1.00 e. The maximum atomic E-state index is 11.6. The first-order valence-electron chi connectivity index (χ1n) is 5.24. The van der Waals surface area contributed by atoms with E-state index < -0.39 is 6.04 Å². The minimum atomic E-state index is -0.623. The fraction of sp³-hybridized carbons (Fsp3) is 0.0769. The third kappa shape index (κ3) is 3.32. The minimum absolute atomic E-state index is 0. The van der Waals surface area contributed by atoms with Gasteiger partial charge in [0.05, 0.1) is 0 Å². The van der Waals surface area contributed by atoms with Crippen molar-refractivity contribution in [2.24, 2.45) is 5.28 Å². The molecule has 5 heteroatoms. The van der Waals surface area contributed by atoms with Crippen LogP contribution in [0.25, 0.3) is 0 Å². The summed E-state index contributed by atoms with van der Waals surface area (Å²) >= 11 is 0. The van der Waals surface area contributed by atoms with Gasteiger partial charge in [-0.3, -0.25) is 0 Å². The second kappa shape index (κ2) is 7.16. The Morgan fingerprint density at radius 2 is 1.28 bits per heavy atom. The van der Waals surface area contributed by atoms with E-state index in [1.165, 1.54) is 0 Å². The van der Waals surface area contributed by atoms with Gasteiger partial charge in [0, 0.05) is 11.1 Å². The standard InChI is InChI=1S/C13H12N2O2.Na/c16-14-15(17)13(11-7-3-1-4-8-11)12-9-5-2-6-10-12;/h1-10,13,16H;/q;+1/b15-14+;. The van der Waals surface area contributed by atoms with Crippen LogP contribution in [0.3, 0.4) is 0 Å². The summed E-state index contributed by atoms with van der Waals surface area (Å²) in [5.74, 6) is 0. The second-order valence-electron chi connectivity index (χ2n) is 3.62. The predicted molar refractivity (Wildman–Crippen MR) is 62.6 cm³/mol. The number of benzene rings is 2. The van der Waals surface area contributed by atoms with E-state index in [0.29, 0.717) is 4.86 Å². The molecule has 86 valence electrons. The van der Waals surface area contributed by atoms with Crippen LogP contribution in [0.1, 0.15) is 17.2 Å². The van der Waals surface area contributed by atoms with Gasteiger partial charge in [-0.15, -0.1) is 0 Å². The Kier molecular flexibility index (Phi) is 5.85. The van der Waals surface area contributed by atoms with Crippen LogP contribution in [0, 0.1) is 5.21 Å². The molecule has 0 unspecified atom stereocenters. The first-order valence-corrected chi connectivity index (χ1v) is 5.24.